The molecule has 1 aromatic rings. The number of aromatic nitrogens is 1. The van der Waals surface area contributed by atoms with Crippen molar-refractivity contribution in [1.29, 1.82) is 0 Å². The van der Waals surface area contributed by atoms with E-state index >= 15 is 0 Å². The van der Waals surface area contributed by atoms with E-state index in [0.29, 0.717) is 5.70 Å². The van der Waals surface area contributed by atoms with Gasteiger partial charge in [0.2, 0.25) is 0 Å². The molecule has 2 rings (SSSR count). The van der Waals surface area contributed by atoms with Gasteiger partial charge in [0.15, 0.2) is 5.82 Å². The summed E-state index contributed by atoms with van der Waals surface area (Å²) < 4.78 is 0. The van der Waals surface area contributed by atoms with Crippen LogP contribution < -0.4 is 5.73 Å². The molecule has 0 saturated carbocycles. The van der Waals surface area contributed by atoms with Gasteiger partial charge in [-0.25, -0.2) is 9.98 Å². The molecule has 0 spiro atoms. The van der Waals surface area contributed by atoms with Crippen molar-refractivity contribution in [1.82, 2.24) is 4.98 Å². The molecule has 0 aromatic carbocycles. The van der Waals surface area contributed by atoms with E-state index in [1.54, 1.807) is 6.20 Å². The third-order valence-corrected chi connectivity index (χ3v) is 2.34. The molecule has 0 aliphatic carbocycles. The van der Waals surface area contributed by atoms with Gasteiger partial charge < -0.3 is 5.73 Å². The predicted octanol–water partition coefficient (Wildman–Crippen LogP) is 2.24. The van der Waals surface area contributed by atoms with Gasteiger partial charge in [-0.15, -0.1) is 0 Å². The standard InChI is InChI=1S/C12H13N3/c1-3-4-5-9(13)11-10-8(2)6-7-14-12(10)15-11/h3-7H,13H2,1-2H3/b4-3-,9-5-. The summed E-state index contributed by atoms with van der Waals surface area (Å²) >= 11 is 0. The Balaban J connectivity index is 2.34. The van der Waals surface area contributed by atoms with Gasteiger partial charge in [-0.2, -0.15) is 0 Å². The lowest BCUT2D eigenvalue weighted by atomic mass is 9.98. The van der Waals surface area contributed by atoms with Crippen LogP contribution in [0.5, 0.6) is 0 Å². The molecule has 1 aliphatic heterocycles. The fraction of sp³-hybridized carbons (Fsp3) is 0.167. The first-order valence-corrected chi connectivity index (χ1v) is 4.87. The molecule has 2 N–H and O–H groups in total. The zero-order chi connectivity index (χ0) is 10.8. The van der Waals surface area contributed by atoms with E-state index in [0.717, 1.165) is 17.1 Å². The molecule has 76 valence electrons. The number of hydrogen-bond donors (Lipinski definition) is 1. The molecule has 15 heavy (non-hydrogen) atoms. The molecule has 1 aliphatic rings. The summed E-state index contributed by atoms with van der Waals surface area (Å²) in [5, 5.41) is 0. The van der Waals surface area contributed by atoms with Crippen LogP contribution in [0.2, 0.25) is 0 Å². The minimum Gasteiger partial charge on any atom is -0.397 e. The van der Waals surface area contributed by atoms with Gasteiger partial charge in [0.05, 0.1) is 17.0 Å². The number of hydrogen-bond acceptors (Lipinski definition) is 3. The molecular weight excluding hydrogens is 186 g/mol. The topological polar surface area (TPSA) is 51.3 Å². The van der Waals surface area contributed by atoms with Crippen molar-refractivity contribution in [3.63, 3.8) is 0 Å². The second-order valence-electron chi connectivity index (χ2n) is 3.43. The number of nitrogens with two attached hydrogens (primary N) is 1. The molecule has 3 nitrogen and oxygen atoms in total. The van der Waals surface area contributed by atoms with Gasteiger partial charge in [-0.05, 0) is 31.6 Å². The Morgan fingerprint density at radius 2 is 2.27 bits per heavy atom. The third-order valence-electron chi connectivity index (χ3n) is 2.34. The number of nitrogens with zero attached hydrogens (tertiary/aromatic N) is 2. The van der Waals surface area contributed by atoms with Crippen molar-refractivity contribution < 1.29 is 0 Å². The maximum absolute atomic E-state index is 5.90. The number of pyridine rings is 1. The maximum Gasteiger partial charge on any atom is 0.162 e. The van der Waals surface area contributed by atoms with E-state index in [-0.39, 0.29) is 0 Å². The van der Waals surface area contributed by atoms with Gasteiger partial charge in [0.25, 0.3) is 0 Å². The van der Waals surface area contributed by atoms with E-state index in [4.69, 9.17) is 5.73 Å². The Morgan fingerprint density at radius 3 is 2.93 bits per heavy atom. The summed E-state index contributed by atoms with van der Waals surface area (Å²) in [6.45, 7) is 3.99. The Bertz CT molecular complexity index is 482. The van der Waals surface area contributed by atoms with Crippen LogP contribution in [-0.2, 0) is 0 Å². The minimum atomic E-state index is 0.691. The first-order chi connectivity index (χ1) is 7.24. The zero-order valence-corrected chi connectivity index (χ0v) is 8.86. The average molecular weight is 199 g/mol. The molecule has 0 bridgehead atoms. The first kappa shape index (κ1) is 9.65. The van der Waals surface area contributed by atoms with Crippen molar-refractivity contribution in [3.8, 4) is 0 Å². The van der Waals surface area contributed by atoms with Crippen molar-refractivity contribution in [2.45, 2.75) is 13.8 Å². The largest absolute Gasteiger partial charge is 0.397 e. The van der Waals surface area contributed by atoms with Crippen LogP contribution in [-0.4, -0.2) is 10.7 Å². The second-order valence-corrected chi connectivity index (χ2v) is 3.43. The van der Waals surface area contributed by atoms with Gasteiger partial charge in [0, 0.05) is 6.20 Å². The number of fused-ring (bicyclic) bond motifs is 1. The van der Waals surface area contributed by atoms with Gasteiger partial charge >= 0.3 is 0 Å². The van der Waals surface area contributed by atoms with Crippen molar-refractivity contribution in [3.05, 3.63) is 47.3 Å². The molecule has 0 fully saturated rings. The second kappa shape index (κ2) is 3.69. The summed E-state index contributed by atoms with van der Waals surface area (Å²) in [5.41, 5.74) is 9.69. The highest BCUT2D eigenvalue weighted by molar-refractivity contribution is 6.21. The van der Waals surface area contributed by atoms with Gasteiger partial charge in [-0.1, -0.05) is 12.2 Å². The fourth-order valence-corrected chi connectivity index (χ4v) is 1.52. The maximum atomic E-state index is 5.90. The van der Waals surface area contributed by atoms with Crippen LogP contribution >= 0.6 is 0 Å². The minimum absolute atomic E-state index is 0.691. The molecule has 1 aromatic heterocycles. The Morgan fingerprint density at radius 1 is 1.47 bits per heavy atom. The number of aryl methyl sites for hydroxylation is 1. The lowest BCUT2D eigenvalue weighted by Gasteiger charge is -2.19. The summed E-state index contributed by atoms with van der Waals surface area (Å²) in [5.74, 6) is 0.793. The average Bonchev–Trinajstić information content (AvgIpc) is 2.17. The summed E-state index contributed by atoms with van der Waals surface area (Å²) in [4.78, 5) is 8.43. The number of aliphatic imine (C=N–C) groups is 1. The molecule has 0 unspecified atom stereocenters. The van der Waals surface area contributed by atoms with Crippen LogP contribution in [0.1, 0.15) is 18.1 Å². The van der Waals surface area contributed by atoms with E-state index in [2.05, 4.69) is 9.98 Å². The third kappa shape index (κ3) is 1.56. The van der Waals surface area contributed by atoms with Crippen molar-refractivity contribution in [2.24, 2.45) is 10.7 Å². The molecule has 0 saturated heterocycles. The molecule has 0 radical (unpaired) electrons. The molecule has 3 heteroatoms. The van der Waals surface area contributed by atoms with Crippen LogP contribution in [0.4, 0.5) is 5.82 Å². The quantitative estimate of drug-likeness (QED) is 0.742. The fourth-order valence-electron chi connectivity index (χ4n) is 1.52. The van der Waals surface area contributed by atoms with Gasteiger partial charge in [-0.3, -0.25) is 0 Å². The zero-order valence-electron chi connectivity index (χ0n) is 8.86. The summed E-state index contributed by atoms with van der Waals surface area (Å²) in [7, 11) is 0. The number of rotatable bonds is 2. The monoisotopic (exact) mass is 199 g/mol. The van der Waals surface area contributed by atoms with Crippen LogP contribution in [0.25, 0.3) is 0 Å². The molecule has 2 heterocycles. The smallest absolute Gasteiger partial charge is 0.162 e. The Kier molecular flexibility index (Phi) is 2.37. The molecule has 0 atom stereocenters. The van der Waals surface area contributed by atoms with E-state index in [1.807, 2.05) is 38.1 Å². The lowest BCUT2D eigenvalue weighted by molar-refractivity contribution is 1.18. The lowest BCUT2D eigenvalue weighted by Crippen LogP contribution is -2.20. The normalized spacial score (nSPS) is 14.8. The van der Waals surface area contributed by atoms with Crippen molar-refractivity contribution >= 4 is 11.5 Å². The predicted molar refractivity (Wildman–Crippen MR) is 62.3 cm³/mol. The summed E-state index contributed by atoms with van der Waals surface area (Å²) in [6.07, 6.45) is 7.46. The van der Waals surface area contributed by atoms with E-state index < -0.39 is 0 Å². The molecular formula is C12H13N3. The summed E-state index contributed by atoms with van der Waals surface area (Å²) in [6, 6.07) is 1.97. The highest BCUT2D eigenvalue weighted by Crippen LogP contribution is 2.31. The Labute approximate surface area is 89.1 Å². The van der Waals surface area contributed by atoms with E-state index in [9.17, 15) is 0 Å². The number of allylic oxidation sites excluding steroid dienone is 4. The van der Waals surface area contributed by atoms with Crippen LogP contribution in [0, 0.1) is 6.92 Å². The Hall–Kier alpha value is -1.90. The first-order valence-electron chi connectivity index (χ1n) is 4.87. The highest BCUT2D eigenvalue weighted by atomic mass is 15.0. The highest BCUT2D eigenvalue weighted by Gasteiger charge is 2.23. The van der Waals surface area contributed by atoms with E-state index in [1.165, 1.54) is 5.56 Å². The van der Waals surface area contributed by atoms with Crippen LogP contribution in [0.3, 0.4) is 0 Å². The van der Waals surface area contributed by atoms with Crippen LogP contribution in [0.15, 0.2) is 41.2 Å². The molecule has 0 amide bonds. The van der Waals surface area contributed by atoms with Crippen molar-refractivity contribution in [2.75, 3.05) is 0 Å². The SMILES string of the molecule is C/C=C\C=C(/N)C1=Nc2nccc(C)c21. The van der Waals surface area contributed by atoms with Gasteiger partial charge in [0.1, 0.15) is 0 Å².